The molecule has 1 aromatic rings. The van der Waals surface area contributed by atoms with Crippen molar-refractivity contribution in [2.24, 2.45) is 0 Å². The number of halogens is 1. The summed E-state index contributed by atoms with van der Waals surface area (Å²) < 4.78 is 2.02. The monoisotopic (exact) mass is 270 g/mol. The van der Waals surface area contributed by atoms with Gasteiger partial charge in [0, 0.05) is 25.7 Å². The molecule has 1 N–H and O–H groups in total. The predicted octanol–water partition coefficient (Wildman–Crippen LogP) is 1.91. The molecule has 1 fully saturated rings. The van der Waals surface area contributed by atoms with E-state index in [1.807, 2.05) is 4.68 Å². The molecule has 1 atom stereocenters. The Morgan fingerprint density at radius 3 is 2.78 bits per heavy atom. The topological polar surface area (TPSA) is 33.1 Å². The van der Waals surface area contributed by atoms with Gasteiger partial charge in [-0.3, -0.25) is 4.68 Å². The van der Waals surface area contributed by atoms with Crippen LogP contribution >= 0.6 is 11.6 Å². The lowest BCUT2D eigenvalue weighted by Crippen LogP contribution is -2.31. The first-order chi connectivity index (χ1) is 8.65. The smallest absolute Gasteiger partial charge is 0.0863 e. The molecule has 0 spiro atoms. The Morgan fingerprint density at radius 2 is 2.22 bits per heavy atom. The summed E-state index contributed by atoms with van der Waals surface area (Å²) in [5.41, 5.74) is 2.14. The zero-order valence-corrected chi connectivity index (χ0v) is 12.3. The molecule has 0 amide bonds. The molecule has 18 heavy (non-hydrogen) atoms. The fourth-order valence-electron chi connectivity index (χ4n) is 2.53. The van der Waals surface area contributed by atoms with Crippen molar-refractivity contribution in [3.63, 3.8) is 0 Å². The molecule has 102 valence electrons. The lowest BCUT2D eigenvalue weighted by molar-refractivity contribution is 0.396. The first kappa shape index (κ1) is 13.8. The number of nitrogens with zero attached hydrogens (tertiary/aromatic N) is 3. The van der Waals surface area contributed by atoms with E-state index in [0.29, 0.717) is 6.04 Å². The van der Waals surface area contributed by atoms with E-state index in [4.69, 9.17) is 11.6 Å². The number of hydrogen-bond donors (Lipinski definition) is 1. The second kappa shape index (κ2) is 6.04. The molecule has 1 aromatic heterocycles. The van der Waals surface area contributed by atoms with Crippen molar-refractivity contribution >= 4 is 11.6 Å². The largest absolute Gasteiger partial charge is 0.307 e. The highest BCUT2D eigenvalue weighted by atomic mass is 35.5. The molecule has 1 unspecified atom stereocenters. The summed E-state index contributed by atoms with van der Waals surface area (Å²) in [4.78, 5) is 2.36. The Bertz CT molecular complexity index is 402. The number of rotatable bonds is 5. The summed E-state index contributed by atoms with van der Waals surface area (Å²) in [6.45, 7) is 8.20. The standard InChI is InChI=1S/C13H23ClN4/c1-4-11-13(14)12(18(5-2)16-11)8-15-10-6-7-17(3)9-10/h10,15H,4-9H2,1-3H3. The van der Waals surface area contributed by atoms with Crippen molar-refractivity contribution in [2.75, 3.05) is 20.1 Å². The normalized spacial score (nSPS) is 20.8. The molecule has 0 aromatic carbocycles. The van der Waals surface area contributed by atoms with Gasteiger partial charge in [0.1, 0.15) is 0 Å². The fraction of sp³-hybridized carbons (Fsp3) is 0.769. The minimum atomic E-state index is 0.580. The van der Waals surface area contributed by atoms with Crippen molar-refractivity contribution in [1.82, 2.24) is 20.0 Å². The molecule has 2 heterocycles. The third-order valence-electron chi connectivity index (χ3n) is 3.64. The van der Waals surface area contributed by atoms with Gasteiger partial charge in [0.15, 0.2) is 0 Å². The van der Waals surface area contributed by atoms with E-state index in [1.165, 1.54) is 13.0 Å². The van der Waals surface area contributed by atoms with E-state index in [1.54, 1.807) is 0 Å². The number of likely N-dealkylation sites (tertiary alicyclic amines) is 1. The molecule has 2 rings (SSSR count). The summed E-state index contributed by atoms with van der Waals surface area (Å²) >= 11 is 6.39. The van der Waals surface area contributed by atoms with Crippen LogP contribution in [0.4, 0.5) is 0 Å². The first-order valence-corrected chi connectivity index (χ1v) is 7.19. The number of aromatic nitrogens is 2. The van der Waals surface area contributed by atoms with Gasteiger partial charge in [-0.2, -0.15) is 5.10 Å². The Labute approximate surface area is 114 Å². The van der Waals surface area contributed by atoms with E-state index in [-0.39, 0.29) is 0 Å². The molecule has 4 nitrogen and oxygen atoms in total. The predicted molar refractivity (Wildman–Crippen MR) is 75.0 cm³/mol. The van der Waals surface area contributed by atoms with Crippen LogP contribution in [0.25, 0.3) is 0 Å². The maximum atomic E-state index is 6.39. The summed E-state index contributed by atoms with van der Waals surface area (Å²) in [6.07, 6.45) is 2.11. The van der Waals surface area contributed by atoms with Crippen LogP contribution in [0, 0.1) is 0 Å². The van der Waals surface area contributed by atoms with Gasteiger partial charge in [-0.05, 0) is 33.4 Å². The van der Waals surface area contributed by atoms with Crippen molar-refractivity contribution in [3.8, 4) is 0 Å². The highest BCUT2D eigenvalue weighted by molar-refractivity contribution is 6.31. The Balaban J connectivity index is 2.01. The van der Waals surface area contributed by atoms with E-state index in [0.717, 1.165) is 42.5 Å². The second-order valence-corrected chi connectivity index (χ2v) is 5.38. The van der Waals surface area contributed by atoms with Crippen molar-refractivity contribution in [1.29, 1.82) is 0 Å². The van der Waals surface area contributed by atoms with E-state index in [9.17, 15) is 0 Å². The Hall–Kier alpha value is -0.580. The SMILES string of the molecule is CCc1nn(CC)c(CNC2CCN(C)C2)c1Cl. The quantitative estimate of drug-likeness (QED) is 0.887. The van der Waals surface area contributed by atoms with Gasteiger partial charge in [-0.1, -0.05) is 18.5 Å². The average molecular weight is 271 g/mol. The van der Waals surface area contributed by atoms with E-state index in [2.05, 4.69) is 36.2 Å². The lowest BCUT2D eigenvalue weighted by Gasteiger charge is -2.13. The van der Waals surface area contributed by atoms with Crippen LogP contribution in [0.15, 0.2) is 0 Å². The van der Waals surface area contributed by atoms with Crippen LogP contribution in [-0.4, -0.2) is 40.9 Å². The maximum Gasteiger partial charge on any atom is 0.0863 e. The van der Waals surface area contributed by atoms with Crippen LogP contribution < -0.4 is 5.32 Å². The average Bonchev–Trinajstić information content (AvgIpc) is 2.91. The lowest BCUT2D eigenvalue weighted by atomic mass is 10.2. The summed E-state index contributed by atoms with van der Waals surface area (Å²) in [5, 5.41) is 8.98. The zero-order valence-electron chi connectivity index (χ0n) is 11.5. The molecule has 1 saturated heterocycles. The number of likely N-dealkylation sites (N-methyl/N-ethyl adjacent to an activating group) is 1. The van der Waals surface area contributed by atoms with Gasteiger partial charge in [0.25, 0.3) is 0 Å². The summed E-state index contributed by atoms with van der Waals surface area (Å²) in [6, 6.07) is 0.580. The van der Waals surface area contributed by atoms with Crippen LogP contribution in [0.1, 0.15) is 31.7 Å². The molecule has 0 bridgehead atoms. The Kier molecular flexibility index (Phi) is 4.65. The van der Waals surface area contributed by atoms with Crippen molar-refractivity contribution in [3.05, 3.63) is 16.4 Å². The van der Waals surface area contributed by atoms with E-state index >= 15 is 0 Å². The second-order valence-electron chi connectivity index (χ2n) is 5.01. The van der Waals surface area contributed by atoms with Gasteiger partial charge >= 0.3 is 0 Å². The summed E-state index contributed by atoms with van der Waals surface area (Å²) in [7, 11) is 2.17. The molecule has 1 aliphatic rings. The Morgan fingerprint density at radius 1 is 1.44 bits per heavy atom. The van der Waals surface area contributed by atoms with Gasteiger partial charge in [-0.15, -0.1) is 0 Å². The highest BCUT2D eigenvalue weighted by Gasteiger charge is 2.20. The van der Waals surface area contributed by atoms with Crippen LogP contribution in [0.3, 0.4) is 0 Å². The highest BCUT2D eigenvalue weighted by Crippen LogP contribution is 2.22. The van der Waals surface area contributed by atoms with Crippen LogP contribution in [0.2, 0.25) is 5.02 Å². The van der Waals surface area contributed by atoms with Gasteiger partial charge < -0.3 is 10.2 Å². The molecule has 0 saturated carbocycles. The third kappa shape index (κ3) is 2.87. The molecule has 5 heteroatoms. The van der Waals surface area contributed by atoms with E-state index < -0.39 is 0 Å². The van der Waals surface area contributed by atoms with Crippen molar-refractivity contribution in [2.45, 2.75) is 45.8 Å². The van der Waals surface area contributed by atoms with Crippen LogP contribution in [0.5, 0.6) is 0 Å². The number of aryl methyl sites for hydroxylation is 2. The molecular weight excluding hydrogens is 248 g/mol. The fourth-order valence-corrected chi connectivity index (χ4v) is 2.86. The number of nitrogens with one attached hydrogen (secondary N) is 1. The van der Waals surface area contributed by atoms with Crippen molar-refractivity contribution < 1.29 is 0 Å². The molecular formula is C13H23ClN4. The minimum absolute atomic E-state index is 0.580. The van der Waals surface area contributed by atoms with Gasteiger partial charge in [0.05, 0.1) is 16.4 Å². The molecule has 0 radical (unpaired) electrons. The van der Waals surface area contributed by atoms with Gasteiger partial charge in [0.2, 0.25) is 0 Å². The van der Waals surface area contributed by atoms with Gasteiger partial charge in [-0.25, -0.2) is 0 Å². The molecule has 0 aliphatic carbocycles. The van der Waals surface area contributed by atoms with Crippen LogP contribution in [-0.2, 0) is 19.5 Å². The first-order valence-electron chi connectivity index (χ1n) is 6.81. The zero-order chi connectivity index (χ0) is 13.1. The maximum absolute atomic E-state index is 6.39. The third-order valence-corrected chi connectivity index (χ3v) is 4.08. The summed E-state index contributed by atoms with van der Waals surface area (Å²) in [5.74, 6) is 0. The minimum Gasteiger partial charge on any atom is -0.307 e. The molecule has 1 aliphatic heterocycles. The number of hydrogen-bond acceptors (Lipinski definition) is 3.